The fourth-order valence-electron chi connectivity index (χ4n) is 4.51. The van der Waals surface area contributed by atoms with Crippen molar-refractivity contribution in [3.05, 3.63) is 41.3 Å². The van der Waals surface area contributed by atoms with Gasteiger partial charge in [0.05, 0.1) is 29.0 Å². The minimum absolute atomic E-state index is 0.0456. The normalized spacial score (nSPS) is 18.4. The number of ketones is 1. The Labute approximate surface area is 179 Å². The highest BCUT2D eigenvalue weighted by atomic mass is 35.5. The predicted molar refractivity (Wildman–Crippen MR) is 117 cm³/mol. The summed E-state index contributed by atoms with van der Waals surface area (Å²) in [6.45, 7) is 8.02. The summed E-state index contributed by atoms with van der Waals surface area (Å²) in [6.07, 6.45) is 2.63. The Hall–Kier alpha value is -2.73. The summed E-state index contributed by atoms with van der Waals surface area (Å²) < 4.78 is 2.01. The molecular formula is C23H23ClN4O2. The van der Waals surface area contributed by atoms with E-state index in [2.05, 4.69) is 23.8 Å². The number of hydrogen-bond acceptors (Lipinski definition) is 4. The fourth-order valence-corrected chi connectivity index (χ4v) is 4.79. The van der Waals surface area contributed by atoms with Crippen LogP contribution in [0.15, 0.2) is 30.6 Å². The first kappa shape index (κ1) is 19.2. The van der Waals surface area contributed by atoms with E-state index in [1.807, 2.05) is 47.6 Å². The first-order valence-corrected chi connectivity index (χ1v) is 10.6. The van der Waals surface area contributed by atoms with Crippen LogP contribution >= 0.6 is 11.6 Å². The number of rotatable bonds is 3. The van der Waals surface area contributed by atoms with Crippen LogP contribution in [0.4, 0.5) is 5.69 Å². The molecule has 0 bridgehead atoms. The molecule has 1 amide bonds. The lowest BCUT2D eigenvalue weighted by Crippen LogP contribution is -2.49. The summed E-state index contributed by atoms with van der Waals surface area (Å²) in [5, 5.41) is 0.409. The lowest BCUT2D eigenvalue weighted by molar-refractivity contribution is -0.127. The molecule has 1 aliphatic heterocycles. The zero-order valence-corrected chi connectivity index (χ0v) is 18.2. The molecule has 1 fully saturated rings. The summed E-state index contributed by atoms with van der Waals surface area (Å²) in [7, 11) is 0. The number of anilines is 1. The standard InChI is InChI=1S/C23H23ClN4O2/c1-12(2)27-11-25-18-10-17(26-21(24)20(18)27)13-5-6-16-19(7-13)28(14-8-15(29)9-14)22(30)23(16,3)4/h5-7,10-12,14H,8-9H2,1-4H3. The van der Waals surface area contributed by atoms with Crippen LogP contribution in [-0.2, 0) is 15.0 Å². The first-order chi connectivity index (χ1) is 14.2. The number of Topliss-reactive ketones (excluding diaryl/α,β-unsaturated/α-hetero) is 1. The molecule has 1 aromatic carbocycles. The van der Waals surface area contributed by atoms with Gasteiger partial charge in [-0.25, -0.2) is 9.97 Å². The number of aromatic nitrogens is 3. The molecule has 1 saturated carbocycles. The van der Waals surface area contributed by atoms with Gasteiger partial charge in [-0.15, -0.1) is 0 Å². The molecule has 0 spiro atoms. The Kier molecular flexibility index (Phi) is 4.09. The SMILES string of the molecule is CC(C)n1cnc2cc(-c3ccc4c(c3)N(C3CC(=O)C3)C(=O)C4(C)C)nc(Cl)c21. The Morgan fingerprint density at radius 3 is 2.57 bits per heavy atom. The van der Waals surface area contributed by atoms with Crippen molar-refractivity contribution in [1.29, 1.82) is 0 Å². The molecule has 0 saturated heterocycles. The molecular weight excluding hydrogens is 400 g/mol. The second kappa shape index (κ2) is 6.38. The van der Waals surface area contributed by atoms with Crippen LogP contribution in [0, 0.1) is 0 Å². The Morgan fingerprint density at radius 1 is 1.17 bits per heavy atom. The maximum absolute atomic E-state index is 13.1. The van der Waals surface area contributed by atoms with Crippen LogP contribution in [0.25, 0.3) is 22.3 Å². The number of nitrogens with zero attached hydrogens (tertiary/aromatic N) is 4. The van der Waals surface area contributed by atoms with Crippen LogP contribution in [-0.4, -0.2) is 32.3 Å². The highest BCUT2D eigenvalue weighted by Gasteiger charge is 2.49. The van der Waals surface area contributed by atoms with Crippen molar-refractivity contribution < 1.29 is 9.59 Å². The monoisotopic (exact) mass is 422 g/mol. The Morgan fingerprint density at radius 2 is 1.90 bits per heavy atom. The van der Waals surface area contributed by atoms with Crippen molar-refractivity contribution >= 4 is 40.0 Å². The number of fused-ring (bicyclic) bond motifs is 2. The highest BCUT2D eigenvalue weighted by Crippen LogP contribution is 2.46. The van der Waals surface area contributed by atoms with Gasteiger partial charge < -0.3 is 9.47 Å². The van der Waals surface area contributed by atoms with E-state index in [1.54, 1.807) is 6.33 Å². The topological polar surface area (TPSA) is 68.1 Å². The third kappa shape index (κ3) is 2.63. The second-order valence-corrected chi connectivity index (χ2v) is 9.40. The average molecular weight is 423 g/mol. The van der Waals surface area contributed by atoms with Crippen LogP contribution in [0.2, 0.25) is 5.15 Å². The summed E-state index contributed by atoms with van der Waals surface area (Å²) in [5.74, 6) is 0.249. The highest BCUT2D eigenvalue weighted by molar-refractivity contribution is 6.34. The average Bonchev–Trinajstić information content (AvgIpc) is 3.18. The fraction of sp³-hybridized carbons (Fsp3) is 0.391. The summed E-state index contributed by atoms with van der Waals surface area (Å²) >= 11 is 6.54. The number of carbonyl (C=O) groups is 2. The molecule has 2 aromatic heterocycles. The summed E-state index contributed by atoms with van der Waals surface area (Å²) in [5.41, 5.74) is 4.43. The molecule has 0 atom stereocenters. The van der Waals surface area contributed by atoms with E-state index < -0.39 is 5.41 Å². The molecule has 0 unspecified atom stereocenters. The second-order valence-electron chi connectivity index (χ2n) is 9.04. The maximum Gasteiger partial charge on any atom is 0.237 e. The Balaban J connectivity index is 1.62. The van der Waals surface area contributed by atoms with Crippen LogP contribution < -0.4 is 4.90 Å². The number of amides is 1. The van der Waals surface area contributed by atoms with Crippen molar-refractivity contribution in [3.63, 3.8) is 0 Å². The zero-order chi connectivity index (χ0) is 21.4. The number of hydrogen-bond donors (Lipinski definition) is 0. The predicted octanol–water partition coefficient (Wildman–Crippen LogP) is 4.69. The lowest BCUT2D eigenvalue weighted by Gasteiger charge is -2.34. The molecule has 5 rings (SSSR count). The molecule has 154 valence electrons. The largest absolute Gasteiger partial charge is 0.326 e. The molecule has 0 N–H and O–H groups in total. The van der Waals surface area contributed by atoms with Crippen molar-refractivity contribution in [3.8, 4) is 11.3 Å². The van der Waals surface area contributed by atoms with Gasteiger partial charge in [-0.05, 0) is 45.4 Å². The van der Waals surface area contributed by atoms with Gasteiger partial charge in [0.15, 0.2) is 5.15 Å². The molecule has 2 aliphatic rings. The van der Waals surface area contributed by atoms with Gasteiger partial charge >= 0.3 is 0 Å². The first-order valence-electron chi connectivity index (χ1n) is 10.2. The number of benzene rings is 1. The van der Waals surface area contributed by atoms with Crippen molar-refractivity contribution in [2.45, 2.75) is 58.0 Å². The minimum atomic E-state index is -0.614. The third-order valence-corrected chi connectivity index (χ3v) is 6.60. The number of pyridine rings is 1. The van der Waals surface area contributed by atoms with Crippen LogP contribution in [0.5, 0.6) is 0 Å². The quantitative estimate of drug-likeness (QED) is 0.574. The van der Waals surface area contributed by atoms with Crippen LogP contribution in [0.3, 0.4) is 0 Å². The lowest BCUT2D eigenvalue weighted by atomic mass is 9.85. The summed E-state index contributed by atoms with van der Waals surface area (Å²) in [4.78, 5) is 35.7. The number of imidazole rings is 1. The van der Waals surface area contributed by atoms with Gasteiger partial charge in [-0.3, -0.25) is 9.59 Å². The Bertz CT molecular complexity index is 1220. The summed E-state index contributed by atoms with van der Waals surface area (Å²) in [6, 6.07) is 8.08. The molecule has 0 radical (unpaired) electrons. The van der Waals surface area contributed by atoms with Gasteiger partial charge in [-0.1, -0.05) is 23.7 Å². The molecule has 3 heterocycles. The number of halogens is 1. The molecule has 6 nitrogen and oxygen atoms in total. The van der Waals surface area contributed by atoms with E-state index in [0.29, 0.717) is 23.7 Å². The minimum Gasteiger partial charge on any atom is -0.326 e. The molecule has 7 heteroatoms. The van der Waals surface area contributed by atoms with E-state index in [9.17, 15) is 9.59 Å². The number of carbonyl (C=O) groups excluding carboxylic acids is 2. The molecule has 1 aliphatic carbocycles. The van der Waals surface area contributed by atoms with E-state index in [0.717, 1.165) is 27.8 Å². The van der Waals surface area contributed by atoms with Gasteiger partial charge in [0.25, 0.3) is 0 Å². The van der Waals surface area contributed by atoms with Gasteiger partial charge in [0.2, 0.25) is 5.91 Å². The van der Waals surface area contributed by atoms with Crippen molar-refractivity contribution in [2.24, 2.45) is 0 Å². The smallest absolute Gasteiger partial charge is 0.237 e. The zero-order valence-electron chi connectivity index (χ0n) is 17.4. The van der Waals surface area contributed by atoms with Crippen molar-refractivity contribution in [1.82, 2.24) is 14.5 Å². The van der Waals surface area contributed by atoms with Gasteiger partial charge in [-0.2, -0.15) is 0 Å². The molecule has 3 aromatic rings. The van der Waals surface area contributed by atoms with Gasteiger partial charge in [0, 0.05) is 30.1 Å². The molecule has 30 heavy (non-hydrogen) atoms. The van der Waals surface area contributed by atoms with E-state index in [-0.39, 0.29) is 23.8 Å². The van der Waals surface area contributed by atoms with Crippen molar-refractivity contribution in [2.75, 3.05) is 4.90 Å². The van der Waals surface area contributed by atoms with E-state index in [4.69, 9.17) is 11.6 Å². The van der Waals surface area contributed by atoms with Gasteiger partial charge in [0.1, 0.15) is 11.3 Å². The maximum atomic E-state index is 13.1. The van der Waals surface area contributed by atoms with Crippen LogP contribution in [0.1, 0.15) is 52.1 Å². The van der Waals surface area contributed by atoms with E-state index >= 15 is 0 Å². The third-order valence-electron chi connectivity index (χ3n) is 6.34. The van der Waals surface area contributed by atoms with E-state index in [1.165, 1.54) is 0 Å².